The maximum Gasteiger partial charge on any atom is 0.409 e. The molecule has 1 aliphatic rings. The molecule has 1 aromatic carbocycles. The summed E-state index contributed by atoms with van der Waals surface area (Å²) in [6, 6.07) is 5.91. The minimum Gasteiger partial charge on any atom is -0.449 e. The first-order valence-electron chi connectivity index (χ1n) is 9.16. The number of sulfonamides is 1. The number of nitrogens with one attached hydrogen (secondary N) is 1. The summed E-state index contributed by atoms with van der Waals surface area (Å²) in [5, 5.41) is 0. The lowest BCUT2D eigenvalue weighted by molar-refractivity contribution is 0.0535. The van der Waals surface area contributed by atoms with Crippen molar-refractivity contribution in [1.29, 1.82) is 0 Å². The van der Waals surface area contributed by atoms with Gasteiger partial charge in [-0.1, -0.05) is 26.0 Å². The van der Waals surface area contributed by atoms with Gasteiger partial charge in [0, 0.05) is 38.3 Å². The van der Waals surface area contributed by atoms with Gasteiger partial charge >= 0.3 is 6.09 Å². The highest BCUT2D eigenvalue weighted by Gasteiger charge is 2.26. The van der Waals surface area contributed by atoms with Crippen molar-refractivity contribution < 1.29 is 22.7 Å². The lowest BCUT2D eigenvalue weighted by Gasteiger charge is -2.34. The zero-order chi connectivity index (χ0) is 20.7. The van der Waals surface area contributed by atoms with Crippen LogP contribution < -0.4 is 4.72 Å². The van der Waals surface area contributed by atoms with Crippen LogP contribution in [-0.2, 0) is 14.8 Å². The van der Waals surface area contributed by atoms with Gasteiger partial charge in [-0.25, -0.2) is 17.9 Å². The molecule has 9 heteroatoms. The summed E-state index contributed by atoms with van der Waals surface area (Å²) in [6.45, 7) is 9.35. The van der Waals surface area contributed by atoms with E-state index in [1.807, 2.05) is 13.8 Å². The Morgan fingerprint density at radius 1 is 1.21 bits per heavy atom. The Hall–Kier alpha value is -2.39. The van der Waals surface area contributed by atoms with Crippen molar-refractivity contribution >= 4 is 22.0 Å². The van der Waals surface area contributed by atoms with E-state index in [2.05, 4.69) is 11.3 Å². The summed E-state index contributed by atoms with van der Waals surface area (Å²) in [5.74, 6) is -0.00712. The van der Waals surface area contributed by atoms with Crippen LogP contribution in [0.25, 0.3) is 0 Å². The quantitative estimate of drug-likeness (QED) is 0.692. The zero-order valence-corrected chi connectivity index (χ0v) is 17.1. The van der Waals surface area contributed by atoms with Crippen LogP contribution in [0.1, 0.15) is 24.2 Å². The Labute approximate surface area is 166 Å². The predicted molar refractivity (Wildman–Crippen MR) is 105 cm³/mol. The molecule has 0 aliphatic carbocycles. The van der Waals surface area contributed by atoms with Crippen molar-refractivity contribution in [3.63, 3.8) is 0 Å². The molecule has 0 atom stereocenters. The Morgan fingerprint density at radius 3 is 2.46 bits per heavy atom. The molecule has 1 saturated heterocycles. The first-order chi connectivity index (χ1) is 13.2. The van der Waals surface area contributed by atoms with Gasteiger partial charge in [-0.2, -0.15) is 0 Å². The fourth-order valence-corrected chi connectivity index (χ4v) is 3.70. The van der Waals surface area contributed by atoms with Crippen LogP contribution in [-0.4, -0.2) is 69.5 Å². The molecular weight excluding hydrogens is 382 g/mol. The highest BCUT2D eigenvalue weighted by Crippen LogP contribution is 2.15. The summed E-state index contributed by atoms with van der Waals surface area (Å²) in [6.07, 6.45) is 1.07. The maximum absolute atomic E-state index is 12.7. The van der Waals surface area contributed by atoms with Crippen molar-refractivity contribution in [2.24, 2.45) is 5.92 Å². The molecule has 0 radical (unpaired) electrons. The average molecular weight is 410 g/mol. The molecule has 8 nitrogen and oxygen atoms in total. The molecule has 154 valence electrons. The summed E-state index contributed by atoms with van der Waals surface area (Å²) in [4.78, 5) is 28.0. The van der Waals surface area contributed by atoms with Crippen LogP contribution in [0, 0.1) is 5.92 Å². The number of benzene rings is 1. The number of carbonyl (C=O) groups is 2. The fourth-order valence-electron chi connectivity index (χ4n) is 2.65. The number of amides is 2. The van der Waals surface area contributed by atoms with Crippen molar-refractivity contribution in [3.05, 3.63) is 42.5 Å². The minimum absolute atomic E-state index is 0.0242. The highest BCUT2D eigenvalue weighted by atomic mass is 32.2. The van der Waals surface area contributed by atoms with Crippen LogP contribution in [0.3, 0.4) is 0 Å². The van der Waals surface area contributed by atoms with E-state index in [0.29, 0.717) is 32.8 Å². The SMILES string of the molecule is C=CCNS(=O)(=O)c1cccc(C(=O)N2CCN(C(=O)OCC(C)C)CC2)c1. The van der Waals surface area contributed by atoms with Gasteiger partial charge in [-0.3, -0.25) is 4.79 Å². The predicted octanol–water partition coefficient (Wildman–Crippen LogP) is 1.70. The van der Waals surface area contributed by atoms with Crippen LogP contribution in [0.4, 0.5) is 4.79 Å². The molecule has 2 rings (SSSR count). The number of piperazine rings is 1. The zero-order valence-electron chi connectivity index (χ0n) is 16.3. The largest absolute Gasteiger partial charge is 0.449 e. The van der Waals surface area contributed by atoms with Crippen LogP contribution in [0.15, 0.2) is 41.8 Å². The van der Waals surface area contributed by atoms with Gasteiger partial charge in [0.15, 0.2) is 0 Å². The Morgan fingerprint density at radius 2 is 1.86 bits per heavy atom. The summed E-state index contributed by atoms with van der Waals surface area (Å²) in [5.41, 5.74) is 0.289. The average Bonchev–Trinajstić information content (AvgIpc) is 2.70. The normalized spacial score (nSPS) is 14.8. The first-order valence-corrected chi connectivity index (χ1v) is 10.6. The van der Waals surface area contributed by atoms with E-state index in [0.717, 1.165) is 0 Å². The number of ether oxygens (including phenoxy) is 1. The second-order valence-corrected chi connectivity index (χ2v) is 8.69. The van der Waals surface area contributed by atoms with E-state index < -0.39 is 10.0 Å². The number of nitrogens with zero attached hydrogens (tertiary/aromatic N) is 2. The molecule has 28 heavy (non-hydrogen) atoms. The van der Waals surface area contributed by atoms with Crippen molar-refractivity contribution in [2.75, 3.05) is 39.3 Å². The van der Waals surface area contributed by atoms with Crippen molar-refractivity contribution in [3.8, 4) is 0 Å². The molecule has 1 aliphatic heterocycles. The topological polar surface area (TPSA) is 96.0 Å². The second-order valence-electron chi connectivity index (χ2n) is 6.92. The fraction of sp³-hybridized carbons (Fsp3) is 0.474. The monoisotopic (exact) mass is 409 g/mol. The molecule has 0 bridgehead atoms. The number of hydrogen-bond donors (Lipinski definition) is 1. The van der Waals surface area contributed by atoms with Crippen molar-refractivity contribution in [1.82, 2.24) is 14.5 Å². The second kappa shape index (κ2) is 9.70. The standard InChI is InChI=1S/C19H27N3O5S/c1-4-8-20-28(25,26)17-7-5-6-16(13-17)18(23)21-9-11-22(12-10-21)19(24)27-14-15(2)3/h4-7,13,15,20H,1,8-12,14H2,2-3H3. The Balaban J connectivity index is 1.99. The molecule has 0 spiro atoms. The molecule has 1 fully saturated rings. The first kappa shape index (κ1) is 21.9. The van der Waals surface area contributed by atoms with E-state index in [9.17, 15) is 18.0 Å². The van der Waals surface area contributed by atoms with Crippen LogP contribution >= 0.6 is 0 Å². The van der Waals surface area contributed by atoms with Gasteiger partial charge < -0.3 is 14.5 Å². The molecule has 2 amide bonds. The van der Waals surface area contributed by atoms with Crippen molar-refractivity contribution in [2.45, 2.75) is 18.7 Å². The molecule has 1 heterocycles. The van der Waals surface area contributed by atoms with Gasteiger partial charge in [0.1, 0.15) is 0 Å². The summed E-state index contributed by atoms with van der Waals surface area (Å²) in [7, 11) is -3.70. The third-order valence-electron chi connectivity index (χ3n) is 4.17. The third kappa shape index (κ3) is 5.80. The summed E-state index contributed by atoms with van der Waals surface area (Å²) >= 11 is 0. The summed E-state index contributed by atoms with van der Waals surface area (Å²) < 4.78 is 32.0. The third-order valence-corrected chi connectivity index (χ3v) is 5.60. The van der Waals surface area contributed by atoms with Crippen LogP contribution in [0.5, 0.6) is 0 Å². The Kier molecular flexibility index (Phi) is 7.59. The minimum atomic E-state index is -3.70. The van der Waals surface area contributed by atoms with Crippen LogP contribution in [0.2, 0.25) is 0 Å². The highest BCUT2D eigenvalue weighted by molar-refractivity contribution is 7.89. The number of rotatable bonds is 7. The Bertz CT molecular complexity index is 815. The lowest BCUT2D eigenvalue weighted by Crippen LogP contribution is -2.50. The van der Waals surface area contributed by atoms with Gasteiger partial charge in [0.05, 0.1) is 11.5 Å². The van der Waals surface area contributed by atoms with Gasteiger partial charge in [-0.15, -0.1) is 6.58 Å². The van der Waals surface area contributed by atoms with E-state index in [1.54, 1.807) is 15.9 Å². The van der Waals surface area contributed by atoms with Gasteiger partial charge in [0.25, 0.3) is 5.91 Å². The van der Waals surface area contributed by atoms with Gasteiger partial charge in [0.2, 0.25) is 10.0 Å². The van der Waals surface area contributed by atoms with E-state index >= 15 is 0 Å². The maximum atomic E-state index is 12.7. The number of hydrogen-bond acceptors (Lipinski definition) is 5. The van der Waals surface area contributed by atoms with E-state index in [-0.39, 0.29) is 34.9 Å². The van der Waals surface area contributed by atoms with E-state index in [1.165, 1.54) is 24.3 Å². The molecule has 0 saturated carbocycles. The van der Waals surface area contributed by atoms with E-state index in [4.69, 9.17) is 4.74 Å². The number of carbonyl (C=O) groups excluding carboxylic acids is 2. The molecule has 1 N–H and O–H groups in total. The molecule has 1 aromatic rings. The van der Waals surface area contributed by atoms with Gasteiger partial charge in [-0.05, 0) is 24.1 Å². The molecule has 0 aromatic heterocycles. The lowest BCUT2D eigenvalue weighted by atomic mass is 10.2. The molecule has 0 unspecified atom stereocenters. The smallest absolute Gasteiger partial charge is 0.409 e. The molecular formula is C19H27N3O5S.